The fourth-order valence-electron chi connectivity index (χ4n) is 3.79. The highest BCUT2D eigenvalue weighted by molar-refractivity contribution is 5.68. The molecule has 0 spiro atoms. The van der Waals surface area contributed by atoms with Gasteiger partial charge in [0.15, 0.2) is 0 Å². The van der Waals surface area contributed by atoms with Crippen LogP contribution in [0.5, 0.6) is 0 Å². The van der Waals surface area contributed by atoms with Crippen molar-refractivity contribution in [1.29, 1.82) is 0 Å². The molecule has 3 rings (SSSR count). The number of hydrogen-bond acceptors (Lipinski definition) is 3. The Bertz CT molecular complexity index is 740. The molecule has 1 saturated heterocycles. The minimum atomic E-state index is -0.463. The Morgan fingerprint density at radius 1 is 0.964 bits per heavy atom. The highest BCUT2D eigenvalue weighted by Crippen LogP contribution is 2.28. The summed E-state index contributed by atoms with van der Waals surface area (Å²) in [6.45, 7) is 8.99. The van der Waals surface area contributed by atoms with Gasteiger partial charge < -0.3 is 15.0 Å². The number of likely N-dealkylation sites (tertiary alicyclic amines) is 1. The number of carbonyl (C=O) groups excluding carboxylic acids is 1. The quantitative estimate of drug-likeness (QED) is 0.802. The molecule has 1 heterocycles. The summed E-state index contributed by atoms with van der Waals surface area (Å²) in [6, 6.07) is 21.0. The van der Waals surface area contributed by atoms with E-state index in [4.69, 9.17) is 4.74 Å². The molecule has 2 aromatic rings. The van der Waals surface area contributed by atoms with Crippen LogP contribution in [0.2, 0.25) is 0 Å². The van der Waals surface area contributed by atoms with Gasteiger partial charge in [0.1, 0.15) is 5.60 Å². The third-order valence-corrected chi connectivity index (χ3v) is 5.15. The Hall–Kier alpha value is -2.33. The van der Waals surface area contributed by atoms with Gasteiger partial charge in [-0.05, 0) is 50.2 Å². The van der Waals surface area contributed by atoms with Crippen LogP contribution in [0.25, 0.3) is 0 Å². The fourth-order valence-corrected chi connectivity index (χ4v) is 3.79. The van der Waals surface area contributed by atoms with E-state index < -0.39 is 5.60 Å². The summed E-state index contributed by atoms with van der Waals surface area (Å²) >= 11 is 0. The van der Waals surface area contributed by atoms with Crippen molar-refractivity contribution in [2.24, 2.45) is 11.8 Å². The molecular weight excluding hydrogens is 348 g/mol. The number of benzene rings is 2. The van der Waals surface area contributed by atoms with Crippen LogP contribution in [-0.2, 0) is 17.7 Å². The standard InChI is InChI=1S/C24H32N2O2/c1-24(2,3)28-23(27)26-17-21(14-19-10-6-4-7-11-19)22(18-26)16-25-15-20-12-8-5-9-13-20/h4-13,21-22,25H,14-18H2,1-3H3. The number of amides is 1. The lowest BCUT2D eigenvalue weighted by molar-refractivity contribution is 0.0284. The van der Waals surface area contributed by atoms with E-state index >= 15 is 0 Å². The first-order valence-electron chi connectivity index (χ1n) is 10.2. The lowest BCUT2D eigenvalue weighted by Crippen LogP contribution is -2.36. The van der Waals surface area contributed by atoms with Crippen LogP contribution >= 0.6 is 0 Å². The Labute approximate surface area is 168 Å². The normalized spacial score (nSPS) is 19.6. The number of nitrogens with one attached hydrogen (secondary N) is 1. The van der Waals surface area contributed by atoms with E-state index in [0.29, 0.717) is 11.8 Å². The predicted octanol–water partition coefficient (Wildman–Crippen LogP) is 4.50. The molecule has 1 aliphatic heterocycles. The Balaban J connectivity index is 1.62. The zero-order valence-electron chi connectivity index (χ0n) is 17.2. The van der Waals surface area contributed by atoms with Gasteiger partial charge in [0.05, 0.1) is 0 Å². The molecular formula is C24H32N2O2. The summed E-state index contributed by atoms with van der Waals surface area (Å²) < 4.78 is 5.61. The van der Waals surface area contributed by atoms with Gasteiger partial charge in [0, 0.05) is 26.2 Å². The van der Waals surface area contributed by atoms with E-state index in [1.54, 1.807) is 0 Å². The maximum atomic E-state index is 12.6. The molecule has 0 aromatic heterocycles. The molecule has 28 heavy (non-hydrogen) atoms. The largest absolute Gasteiger partial charge is 0.444 e. The van der Waals surface area contributed by atoms with Crippen LogP contribution in [0, 0.1) is 11.8 Å². The zero-order valence-corrected chi connectivity index (χ0v) is 17.2. The first-order chi connectivity index (χ1) is 13.4. The number of carbonyl (C=O) groups is 1. The van der Waals surface area contributed by atoms with E-state index in [2.05, 4.69) is 53.8 Å². The minimum absolute atomic E-state index is 0.198. The highest BCUT2D eigenvalue weighted by Gasteiger charge is 2.36. The van der Waals surface area contributed by atoms with Crippen LogP contribution in [0.15, 0.2) is 60.7 Å². The summed E-state index contributed by atoms with van der Waals surface area (Å²) in [7, 11) is 0. The molecule has 1 N–H and O–H groups in total. The summed E-state index contributed by atoms with van der Waals surface area (Å²) in [4.78, 5) is 14.5. The van der Waals surface area contributed by atoms with Gasteiger partial charge in [-0.25, -0.2) is 4.79 Å². The fraction of sp³-hybridized carbons (Fsp3) is 0.458. The average molecular weight is 381 g/mol. The van der Waals surface area contributed by atoms with Gasteiger partial charge in [0.25, 0.3) is 0 Å². The van der Waals surface area contributed by atoms with Gasteiger partial charge in [-0.2, -0.15) is 0 Å². The van der Waals surface area contributed by atoms with Gasteiger partial charge in [-0.1, -0.05) is 60.7 Å². The molecule has 2 unspecified atom stereocenters. The van der Waals surface area contributed by atoms with E-state index in [1.165, 1.54) is 11.1 Å². The second kappa shape index (κ2) is 9.24. The van der Waals surface area contributed by atoms with Crippen molar-refractivity contribution in [2.75, 3.05) is 19.6 Å². The molecule has 1 fully saturated rings. The number of nitrogens with zero attached hydrogens (tertiary/aromatic N) is 1. The van der Waals surface area contributed by atoms with Gasteiger partial charge in [-0.15, -0.1) is 0 Å². The van der Waals surface area contributed by atoms with Crippen molar-refractivity contribution < 1.29 is 9.53 Å². The molecule has 0 bridgehead atoms. The van der Waals surface area contributed by atoms with Crippen LogP contribution in [0.1, 0.15) is 31.9 Å². The third kappa shape index (κ3) is 6.10. The number of hydrogen-bond donors (Lipinski definition) is 1. The van der Waals surface area contributed by atoms with Crippen molar-refractivity contribution in [3.05, 3.63) is 71.8 Å². The molecule has 4 nitrogen and oxygen atoms in total. The molecule has 0 aliphatic carbocycles. The van der Waals surface area contributed by atoms with E-state index in [1.807, 2.05) is 37.8 Å². The van der Waals surface area contributed by atoms with Gasteiger partial charge in [0.2, 0.25) is 0 Å². The molecule has 1 aliphatic rings. The van der Waals surface area contributed by atoms with Crippen molar-refractivity contribution in [1.82, 2.24) is 10.2 Å². The predicted molar refractivity (Wildman–Crippen MR) is 113 cm³/mol. The highest BCUT2D eigenvalue weighted by atomic mass is 16.6. The minimum Gasteiger partial charge on any atom is -0.444 e. The summed E-state index contributed by atoms with van der Waals surface area (Å²) in [5, 5.41) is 3.59. The Morgan fingerprint density at radius 2 is 1.54 bits per heavy atom. The maximum absolute atomic E-state index is 12.6. The van der Waals surface area contributed by atoms with Gasteiger partial charge >= 0.3 is 6.09 Å². The first kappa shape index (κ1) is 20.4. The van der Waals surface area contributed by atoms with E-state index in [9.17, 15) is 4.79 Å². The molecule has 4 heteroatoms. The SMILES string of the molecule is CC(C)(C)OC(=O)N1CC(CNCc2ccccc2)C(Cc2ccccc2)C1. The van der Waals surface area contributed by atoms with Crippen LogP contribution in [0.4, 0.5) is 4.79 Å². The summed E-state index contributed by atoms with van der Waals surface area (Å²) in [6.07, 6.45) is 0.786. The monoisotopic (exact) mass is 380 g/mol. The molecule has 1 amide bonds. The van der Waals surface area contributed by atoms with Crippen LogP contribution in [-0.4, -0.2) is 36.2 Å². The molecule has 150 valence electrons. The smallest absolute Gasteiger partial charge is 0.410 e. The number of ether oxygens (including phenoxy) is 1. The lowest BCUT2D eigenvalue weighted by atomic mass is 9.89. The van der Waals surface area contributed by atoms with Crippen LogP contribution < -0.4 is 5.32 Å². The van der Waals surface area contributed by atoms with Crippen molar-refractivity contribution in [3.63, 3.8) is 0 Å². The number of rotatable bonds is 6. The lowest BCUT2D eigenvalue weighted by Gasteiger charge is -2.24. The van der Waals surface area contributed by atoms with Crippen molar-refractivity contribution in [3.8, 4) is 0 Å². The second-order valence-corrected chi connectivity index (χ2v) is 8.71. The Morgan fingerprint density at radius 3 is 2.14 bits per heavy atom. The second-order valence-electron chi connectivity index (χ2n) is 8.71. The first-order valence-corrected chi connectivity index (χ1v) is 10.2. The summed E-state index contributed by atoms with van der Waals surface area (Å²) in [5.41, 5.74) is 2.14. The van der Waals surface area contributed by atoms with Crippen molar-refractivity contribution in [2.45, 2.75) is 39.3 Å². The van der Waals surface area contributed by atoms with E-state index in [0.717, 1.165) is 32.6 Å². The maximum Gasteiger partial charge on any atom is 0.410 e. The van der Waals surface area contributed by atoms with E-state index in [-0.39, 0.29) is 6.09 Å². The zero-order chi connectivity index (χ0) is 20.0. The molecule has 0 saturated carbocycles. The molecule has 2 aromatic carbocycles. The Kier molecular flexibility index (Phi) is 6.74. The summed E-state index contributed by atoms with van der Waals surface area (Å²) in [5.74, 6) is 0.842. The third-order valence-electron chi connectivity index (χ3n) is 5.15. The van der Waals surface area contributed by atoms with Crippen LogP contribution in [0.3, 0.4) is 0 Å². The molecule has 2 atom stereocenters. The average Bonchev–Trinajstić information content (AvgIpc) is 3.05. The van der Waals surface area contributed by atoms with Crippen molar-refractivity contribution >= 4 is 6.09 Å². The topological polar surface area (TPSA) is 41.6 Å². The molecule has 0 radical (unpaired) electrons. The van der Waals surface area contributed by atoms with Gasteiger partial charge in [-0.3, -0.25) is 0 Å².